The minimum absolute atomic E-state index is 0.0167. The highest BCUT2D eigenvalue weighted by atomic mass is 79.9. The van der Waals surface area contributed by atoms with E-state index in [2.05, 4.69) is 26.1 Å². The summed E-state index contributed by atoms with van der Waals surface area (Å²) in [6, 6.07) is 4.27. The minimum atomic E-state index is -4.49. The number of rotatable bonds is 2. The van der Waals surface area contributed by atoms with Gasteiger partial charge >= 0.3 is 12.1 Å². The number of alkyl halides is 3. The molecule has 100 valence electrons. The average molecular weight is 336 g/mol. The number of carbonyl (C=O) groups is 1. The molecule has 19 heavy (non-hydrogen) atoms. The second kappa shape index (κ2) is 4.65. The van der Waals surface area contributed by atoms with Crippen molar-refractivity contribution in [1.29, 1.82) is 0 Å². The quantitative estimate of drug-likeness (QED) is 0.916. The van der Waals surface area contributed by atoms with E-state index >= 15 is 0 Å². The van der Waals surface area contributed by atoms with E-state index < -0.39 is 17.7 Å². The van der Waals surface area contributed by atoms with Gasteiger partial charge in [-0.05, 0) is 34.1 Å². The van der Waals surface area contributed by atoms with Gasteiger partial charge in [0.05, 0.1) is 11.3 Å². The van der Waals surface area contributed by atoms with E-state index in [4.69, 9.17) is 5.11 Å². The summed E-state index contributed by atoms with van der Waals surface area (Å²) in [6.07, 6.45) is -4.49. The number of carboxylic acids is 1. The number of benzene rings is 1. The highest BCUT2D eigenvalue weighted by Gasteiger charge is 2.30. The molecule has 0 amide bonds. The molecule has 1 aromatic heterocycles. The first-order chi connectivity index (χ1) is 8.79. The van der Waals surface area contributed by atoms with Crippen molar-refractivity contribution in [1.82, 2.24) is 15.0 Å². The summed E-state index contributed by atoms with van der Waals surface area (Å²) in [5.41, 5.74) is -1.23. The van der Waals surface area contributed by atoms with Crippen molar-refractivity contribution in [2.75, 3.05) is 0 Å². The summed E-state index contributed by atoms with van der Waals surface area (Å²) in [7, 11) is 0. The molecule has 0 aliphatic carbocycles. The van der Waals surface area contributed by atoms with E-state index in [1.807, 2.05) is 0 Å². The average Bonchev–Trinajstić information content (AvgIpc) is 2.70. The summed E-state index contributed by atoms with van der Waals surface area (Å²) >= 11 is 2.88. The molecule has 0 fully saturated rings. The van der Waals surface area contributed by atoms with Crippen LogP contribution in [0.3, 0.4) is 0 Å². The van der Waals surface area contributed by atoms with Gasteiger partial charge < -0.3 is 5.11 Å². The Bertz CT molecular complexity index is 639. The Morgan fingerprint density at radius 1 is 1.32 bits per heavy atom. The largest absolute Gasteiger partial charge is 0.476 e. The van der Waals surface area contributed by atoms with Crippen molar-refractivity contribution < 1.29 is 23.1 Å². The first-order valence-corrected chi connectivity index (χ1v) is 5.62. The zero-order valence-corrected chi connectivity index (χ0v) is 10.6. The predicted octanol–water partition coefficient (Wildman–Crippen LogP) is 2.75. The van der Waals surface area contributed by atoms with Crippen LogP contribution in [-0.4, -0.2) is 26.1 Å². The lowest BCUT2D eigenvalue weighted by Gasteiger charge is -2.07. The number of aromatic carboxylic acids is 1. The van der Waals surface area contributed by atoms with Crippen molar-refractivity contribution in [3.63, 3.8) is 0 Å². The molecule has 0 radical (unpaired) electrons. The van der Waals surface area contributed by atoms with Gasteiger partial charge in [-0.25, -0.2) is 4.79 Å². The van der Waals surface area contributed by atoms with E-state index in [9.17, 15) is 18.0 Å². The lowest BCUT2D eigenvalue weighted by molar-refractivity contribution is -0.137. The van der Waals surface area contributed by atoms with E-state index in [1.54, 1.807) is 0 Å². The SMILES string of the molecule is O=C(O)c1nn(-c2cccc(C(F)(F)F)c2)nc1Br. The number of halogens is 4. The third kappa shape index (κ3) is 2.75. The molecule has 0 aliphatic heterocycles. The molecule has 1 heterocycles. The van der Waals surface area contributed by atoms with Crippen LogP contribution in [0.25, 0.3) is 5.69 Å². The molecule has 0 aliphatic rings. The van der Waals surface area contributed by atoms with Crippen LogP contribution in [0.15, 0.2) is 28.9 Å². The molecule has 9 heteroatoms. The van der Waals surface area contributed by atoms with Gasteiger partial charge in [-0.3, -0.25) is 0 Å². The molecule has 5 nitrogen and oxygen atoms in total. The Labute approximate surface area is 112 Å². The number of carboxylic acid groups (broad SMARTS) is 1. The van der Waals surface area contributed by atoms with Crippen LogP contribution < -0.4 is 0 Å². The van der Waals surface area contributed by atoms with Gasteiger partial charge in [0, 0.05) is 0 Å². The topological polar surface area (TPSA) is 68.0 Å². The van der Waals surface area contributed by atoms with E-state index in [-0.39, 0.29) is 16.0 Å². The summed E-state index contributed by atoms with van der Waals surface area (Å²) in [5.74, 6) is -1.33. The van der Waals surface area contributed by atoms with Crippen LogP contribution in [0.5, 0.6) is 0 Å². The molecule has 0 spiro atoms. The molecule has 1 N–H and O–H groups in total. The molecule has 0 bridgehead atoms. The van der Waals surface area contributed by atoms with E-state index in [1.165, 1.54) is 12.1 Å². The molecule has 2 aromatic rings. The summed E-state index contributed by atoms with van der Waals surface area (Å²) < 4.78 is 37.6. The third-order valence-corrected chi connectivity index (χ3v) is 2.71. The van der Waals surface area contributed by atoms with Crippen LogP contribution in [0.2, 0.25) is 0 Å². The van der Waals surface area contributed by atoms with Crippen molar-refractivity contribution in [2.24, 2.45) is 0 Å². The van der Waals surface area contributed by atoms with Crippen LogP contribution >= 0.6 is 15.9 Å². The molecule has 2 rings (SSSR count). The van der Waals surface area contributed by atoms with Gasteiger partial charge in [-0.1, -0.05) is 6.07 Å². The van der Waals surface area contributed by atoms with Gasteiger partial charge in [0.15, 0.2) is 4.60 Å². The Balaban J connectivity index is 2.48. The molecule has 0 saturated heterocycles. The van der Waals surface area contributed by atoms with Crippen LogP contribution in [0, 0.1) is 0 Å². The molecule has 0 saturated carbocycles. The number of nitrogens with zero attached hydrogens (tertiary/aromatic N) is 3. The fraction of sp³-hybridized carbons (Fsp3) is 0.100. The standard InChI is InChI=1S/C10H5BrF3N3O2/c11-8-7(9(18)19)15-17(16-8)6-3-1-2-5(4-6)10(12,13)14/h1-4H,(H,18,19). The highest BCUT2D eigenvalue weighted by Crippen LogP contribution is 2.30. The van der Waals surface area contributed by atoms with E-state index in [0.29, 0.717) is 0 Å². The third-order valence-electron chi connectivity index (χ3n) is 2.18. The van der Waals surface area contributed by atoms with Gasteiger partial charge in [0.25, 0.3) is 0 Å². The summed E-state index contributed by atoms with van der Waals surface area (Å²) in [6.45, 7) is 0. The van der Waals surface area contributed by atoms with Crippen LogP contribution in [0.4, 0.5) is 13.2 Å². The lowest BCUT2D eigenvalue weighted by atomic mass is 10.2. The Hall–Kier alpha value is -1.90. The van der Waals surface area contributed by atoms with Gasteiger partial charge in [-0.2, -0.15) is 13.2 Å². The minimum Gasteiger partial charge on any atom is -0.476 e. The zero-order chi connectivity index (χ0) is 14.2. The molecule has 0 atom stereocenters. The smallest absolute Gasteiger partial charge is 0.416 e. The first kappa shape index (κ1) is 13.5. The van der Waals surface area contributed by atoms with Crippen molar-refractivity contribution >= 4 is 21.9 Å². The van der Waals surface area contributed by atoms with Crippen LogP contribution in [-0.2, 0) is 6.18 Å². The van der Waals surface area contributed by atoms with Crippen molar-refractivity contribution in [3.8, 4) is 5.69 Å². The fourth-order valence-corrected chi connectivity index (χ4v) is 1.74. The zero-order valence-electron chi connectivity index (χ0n) is 9.02. The van der Waals surface area contributed by atoms with Crippen LogP contribution in [0.1, 0.15) is 16.1 Å². The Morgan fingerprint density at radius 2 is 2.00 bits per heavy atom. The molecular weight excluding hydrogens is 331 g/mol. The normalized spacial score (nSPS) is 11.6. The summed E-state index contributed by atoms with van der Waals surface area (Å²) in [5, 5.41) is 16.1. The Morgan fingerprint density at radius 3 is 2.53 bits per heavy atom. The maximum atomic E-state index is 12.5. The highest BCUT2D eigenvalue weighted by molar-refractivity contribution is 9.10. The fourth-order valence-electron chi connectivity index (χ4n) is 1.34. The predicted molar refractivity (Wildman–Crippen MR) is 61.0 cm³/mol. The van der Waals surface area contributed by atoms with Gasteiger partial charge in [0.2, 0.25) is 5.69 Å². The maximum Gasteiger partial charge on any atom is 0.416 e. The maximum absolute atomic E-state index is 12.5. The lowest BCUT2D eigenvalue weighted by Crippen LogP contribution is -2.07. The van der Waals surface area contributed by atoms with Gasteiger partial charge in [-0.15, -0.1) is 15.0 Å². The number of hydrogen-bond acceptors (Lipinski definition) is 3. The monoisotopic (exact) mass is 335 g/mol. The number of aromatic nitrogens is 3. The number of hydrogen-bond donors (Lipinski definition) is 1. The Kier molecular flexibility index (Phi) is 3.31. The second-order valence-corrected chi connectivity index (χ2v) is 4.23. The second-order valence-electron chi connectivity index (χ2n) is 3.48. The summed E-state index contributed by atoms with van der Waals surface area (Å²) in [4.78, 5) is 11.6. The van der Waals surface area contributed by atoms with Crippen molar-refractivity contribution in [3.05, 3.63) is 40.1 Å². The molecule has 0 unspecified atom stereocenters. The molecular formula is C10H5BrF3N3O2. The van der Waals surface area contributed by atoms with Gasteiger partial charge in [0.1, 0.15) is 0 Å². The molecule has 1 aromatic carbocycles. The first-order valence-electron chi connectivity index (χ1n) is 4.83. The van der Waals surface area contributed by atoms with Crippen molar-refractivity contribution in [2.45, 2.75) is 6.18 Å². The van der Waals surface area contributed by atoms with E-state index in [0.717, 1.165) is 16.9 Å².